The molecule has 0 aromatic rings. The van der Waals surface area contributed by atoms with Crippen LogP contribution in [-0.4, -0.2) is 87.5 Å². The molecule has 1 aliphatic heterocycles. The lowest BCUT2D eigenvalue weighted by atomic mass is 9.99. The highest BCUT2D eigenvalue weighted by molar-refractivity contribution is 5.76. The number of rotatable bonds is 52. The average molecular weight is 1040 g/mol. The summed E-state index contributed by atoms with van der Waals surface area (Å²) in [5.74, 6) is -0.192. The maximum atomic E-state index is 13.1. The molecule has 74 heavy (non-hydrogen) atoms. The number of amides is 1. The van der Waals surface area contributed by atoms with E-state index in [1.54, 1.807) is 6.08 Å². The maximum absolute atomic E-state index is 13.1. The van der Waals surface area contributed by atoms with Gasteiger partial charge in [0, 0.05) is 6.42 Å². The van der Waals surface area contributed by atoms with Gasteiger partial charge >= 0.3 is 0 Å². The lowest BCUT2D eigenvalue weighted by Gasteiger charge is -2.40. The quantitative estimate of drug-likeness (QED) is 0.0261. The molecule has 0 aromatic carbocycles. The minimum Gasteiger partial charge on any atom is -0.394 e. The molecule has 428 valence electrons. The van der Waals surface area contributed by atoms with Gasteiger partial charge in [0.15, 0.2) is 6.29 Å². The minimum atomic E-state index is -1.58. The van der Waals surface area contributed by atoms with E-state index in [1.807, 2.05) is 6.08 Å². The van der Waals surface area contributed by atoms with Crippen molar-refractivity contribution in [2.45, 2.75) is 307 Å². The molecular weight excluding hydrogens is 923 g/mol. The second-order valence-corrected chi connectivity index (χ2v) is 21.1. The zero-order valence-electron chi connectivity index (χ0n) is 47.6. The number of unbranched alkanes of at least 4 members (excludes halogenated alkanes) is 30. The van der Waals surface area contributed by atoms with Crippen LogP contribution in [0.1, 0.15) is 264 Å². The van der Waals surface area contributed by atoms with Gasteiger partial charge in [0.1, 0.15) is 24.4 Å². The lowest BCUT2D eigenvalue weighted by molar-refractivity contribution is -0.302. The first-order valence-corrected chi connectivity index (χ1v) is 30.8. The number of carbonyl (C=O) groups excluding carboxylic acids is 1. The first-order valence-electron chi connectivity index (χ1n) is 30.8. The molecule has 1 aliphatic rings. The zero-order chi connectivity index (χ0) is 53.6. The molecule has 1 rings (SSSR count). The Bertz CT molecular complexity index is 1440. The number of hydrogen-bond acceptors (Lipinski definition) is 8. The average Bonchev–Trinajstić information content (AvgIpc) is 3.40. The second-order valence-electron chi connectivity index (χ2n) is 21.1. The van der Waals surface area contributed by atoms with E-state index in [0.717, 1.165) is 103 Å². The molecule has 6 N–H and O–H groups in total. The Morgan fingerprint density at radius 3 is 1.24 bits per heavy atom. The Morgan fingerprint density at radius 2 is 0.838 bits per heavy atom. The topological polar surface area (TPSA) is 149 Å². The predicted octanol–water partition coefficient (Wildman–Crippen LogP) is 15.8. The van der Waals surface area contributed by atoms with E-state index in [4.69, 9.17) is 9.47 Å². The molecule has 0 aliphatic carbocycles. The van der Waals surface area contributed by atoms with Crippen molar-refractivity contribution in [2.75, 3.05) is 13.2 Å². The molecule has 1 fully saturated rings. The number of hydrogen-bond donors (Lipinski definition) is 6. The zero-order valence-corrected chi connectivity index (χ0v) is 47.6. The summed E-state index contributed by atoms with van der Waals surface area (Å²) in [6.07, 6.45) is 69.4. The van der Waals surface area contributed by atoms with Crippen molar-refractivity contribution in [1.82, 2.24) is 5.32 Å². The highest BCUT2D eigenvalue weighted by atomic mass is 16.7. The Hall–Kier alpha value is -2.63. The summed E-state index contributed by atoms with van der Waals surface area (Å²) in [6, 6.07) is -0.820. The summed E-state index contributed by atoms with van der Waals surface area (Å²) < 4.78 is 11.3. The lowest BCUT2D eigenvalue weighted by Crippen LogP contribution is -2.60. The fourth-order valence-electron chi connectivity index (χ4n) is 9.40. The van der Waals surface area contributed by atoms with E-state index < -0.39 is 49.5 Å². The maximum Gasteiger partial charge on any atom is 0.220 e. The molecule has 1 amide bonds. The van der Waals surface area contributed by atoms with Crippen LogP contribution in [0.2, 0.25) is 0 Å². The molecule has 0 spiro atoms. The van der Waals surface area contributed by atoms with Gasteiger partial charge in [0.05, 0.1) is 25.4 Å². The monoisotopic (exact) mass is 1040 g/mol. The number of nitrogens with one attached hydrogen (secondary N) is 1. The van der Waals surface area contributed by atoms with Crippen LogP contribution in [0.25, 0.3) is 0 Å². The largest absolute Gasteiger partial charge is 0.394 e. The Kier molecular flexibility index (Phi) is 50.4. The molecule has 0 saturated carbocycles. The summed E-state index contributed by atoms with van der Waals surface area (Å²) in [4.78, 5) is 13.1. The minimum absolute atomic E-state index is 0.192. The van der Waals surface area contributed by atoms with E-state index in [-0.39, 0.29) is 12.5 Å². The van der Waals surface area contributed by atoms with Gasteiger partial charge in [-0.05, 0) is 70.6 Å². The van der Waals surface area contributed by atoms with E-state index in [9.17, 15) is 30.3 Å². The standard InChI is InChI=1S/C65H115NO8/c1-3-5-7-9-11-13-15-17-19-21-23-25-27-29-31-32-34-36-38-40-42-44-46-48-50-52-54-59(68)58(57-73-65-64(72)63(71)62(70)60(56-67)74-65)66-61(69)55-53-51-49-47-45-43-41-39-37-35-33-30-28-26-24-22-20-18-16-14-12-10-8-6-4-2/h6,8,12,14,18,20,24,26,30,33,37,39,52,54,58-60,62-65,67-68,70-72H,3-5,7,9-11,13,15-17,19,21-23,25,27-29,31-32,34-36,38,40-51,53,55-57H2,1-2H3,(H,66,69)/b8-6-,14-12-,20-18-,26-24-,33-30-,39-37-,54-52+. The fraction of sp³-hybridized carbons (Fsp3) is 0.769. The Balaban J connectivity index is 2.23. The number of allylic oxidation sites excluding steroid dienone is 13. The molecule has 1 saturated heterocycles. The van der Waals surface area contributed by atoms with Gasteiger partial charge in [-0.25, -0.2) is 0 Å². The van der Waals surface area contributed by atoms with Crippen molar-refractivity contribution in [1.29, 1.82) is 0 Å². The molecule has 0 aromatic heterocycles. The Labute approximate surface area is 454 Å². The van der Waals surface area contributed by atoms with Gasteiger partial charge in [0.25, 0.3) is 0 Å². The van der Waals surface area contributed by atoms with Crippen molar-refractivity contribution in [2.24, 2.45) is 0 Å². The molecule has 9 nitrogen and oxygen atoms in total. The van der Waals surface area contributed by atoms with E-state index in [0.29, 0.717) is 6.42 Å². The van der Waals surface area contributed by atoms with Gasteiger partial charge in [0.2, 0.25) is 5.91 Å². The third kappa shape index (κ3) is 42.5. The van der Waals surface area contributed by atoms with Crippen molar-refractivity contribution < 1.29 is 39.8 Å². The normalized spacial score (nSPS) is 19.6. The summed E-state index contributed by atoms with van der Waals surface area (Å²) in [5, 5.41) is 54.6. The number of aliphatic hydroxyl groups is 5. The van der Waals surface area contributed by atoms with Crippen LogP contribution in [0.5, 0.6) is 0 Å². The van der Waals surface area contributed by atoms with E-state index in [1.165, 1.54) is 141 Å². The van der Waals surface area contributed by atoms with Gasteiger partial charge in [-0.3, -0.25) is 4.79 Å². The number of ether oxygens (including phenoxy) is 2. The molecule has 0 bridgehead atoms. The van der Waals surface area contributed by atoms with Gasteiger partial charge in [-0.2, -0.15) is 0 Å². The second kappa shape index (κ2) is 53.8. The van der Waals surface area contributed by atoms with Crippen LogP contribution in [0.4, 0.5) is 0 Å². The summed E-state index contributed by atoms with van der Waals surface area (Å²) in [7, 11) is 0. The summed E-state index contributed by atoms with van der Waals surface area (Å²) in [6.45, 7) is 3.68. The van der Waals surface area contributed by atoms with Gasteiger partial charge in [-0.1, -0.05) is 272 Å². The predicted molar refractivity (Wildman–Crippen MR) is 313 cm³/mol. The molecular formula is C65H115NO8. The molecule has 7 unspecified atom stereocenters. The molecule has 1 heterocycles. The molecule has 7 atom stereocenters. The highest BCUT2D eigenvalue weighted by Gasteiger charge is 2.44. The van der Waals surface area contributed by atoms with Crippen molar-refractivity contribution in [3.05, 3.63) is 85.1 Å². The SMILES string of the molecule is CC/C=C\C/C=C\C/C=C\C/C=C\C/C=C\C/C=C\CCCCCCCCC(=O)NC(COC1OC(CO)C(O)C(O)C1O)C(O)/C=C/CCCCCCCCCCCCCCCCCCCCCCCCCC. The van der Waals surface area contributed by atoms with Crippen LogP contribution in [0.3, 0.4) is 0 Å². The number of carbonyl (C=O) groups is 1. The smallest absolute Gasteiger partial charge is 0.220 e. The van der Waals surface area contributed by atoms with Gasteiger partial charge in [-0.15, -0.1) is 0 Å². The van der Waals surface area contributed by atoms with Crippen molar-refractivity contribution >= 4 is 5.91 Å². The molecule has 0 radical (unpaired) electrons. The van der Waals surface area contributed by atoms with E-state index in [2.05, 4.69) is 92.1 Å². The van der Waals surface area contributed by atoms with Crippen LogP contribution in [0.15, 0.2) is 85.1 Å². The third-order valence-corrected chi connectivity index (χ3v) is 14.2. The molecule has 9 heteroatoms. The van der Waals surface area contributed by atoms with Crippen LogP contribution in [0, 0.1) is 0 Å². The van der Waals surface area contributed by atoms with E-state index >= 15 is 0 Å². The van der Waals surface area contributed by atoms with Crippen LogP contribution < -0.4 is 5.32 Å². The fourth-order valence-corrected chi connectivity index (χ4v) is 9.40. The highest BCUT2D eigenvalue weighted by Crippen LogP contribution is 2.23. The first kappa shape index (κ1) is 69.4. The van der Waals surface area contributed by atoms with Crippen molar-refractivity contribution in [3.8, 4) is 0 Å². The Morgan fingerprint density at radius 1 is 0.473 bits per heavy atom. The van der Waals surface area contributed by atoms with Crippen molar-refractivity contribution in [3.63, 3.8) is 0 Å². The van der Waals surface area contributed by atoms with Gasteiger partial charge < -0.3 is 40.3 Å². The third-order valence-electron chi connectivity index (χ3n) is 14.2. The van der Waals surface area contributed by atoms with Crippen LogP contribution >= 0.6 is 0 Å². The van der Waals surface area contributed by atoms with Crippen LogP contribution in [-0.2, 0) is 14.3 Å². The number of aliphatic hydroxyl groups excluding tert-OH is 5. The summed E-state index contributed by atoms with van der Waals surface area (Å²) in [5.41, 5.74) is 0. The summed E-state index contributed by atoms with van der Waals surface area (Å²) >= 11 is 0. The first-order chi connectivity index (χ1) is 36.3.